The second-order valence-electron chi connectivity index (χ2n) is 8.37. The van der Waals surface area contributed by atoms with Crippen molar-refractivity contribution >= 4 is 11.6 Å². The number of aryl methyl sites for hydroxylation is 1. The van der Waals surface area contributed by atoms with Gasteiger partial charge in [-0.25, -0.2) is 4.79 Å². The number of benzene rings is 1. The molecule has 0 aliphatic carbocycles. The van der Waals surface area contributed by atoms with E-state index in [0.717, 1.165) is 59.4 Å². The van der Waals surface area contributed by atoms with Crippen molar-refractivity contribution in [1.29, 1.82) is 0 Å². The number of Topliss-reactive ketones (excluding diaryl/α,β-unsaturated/α-hetero) is 1. The van der Waals surface area contributed by atoms with Gasteiger partial charge in [0.2, 0.25) is 0 Å². The third kappa shape index (κ3) is 5.04. The molecule has 0 unspecified atom stereocenters. The van der Waals surface area contributed by atoms with Crippen molar-refractivity contribution < 1.29 is 14.3 Å². The number of methoxy groups -OCH3 is 2. The van der Waals surface area contributed by atoms with E-state index in [1.54, 1.807) is 14.2 Å². The number of aromatic nitrogens is 2. The Morgan fingerprint density at radius 3 is 2.19 bits per heavy atom. The van der Waals surface area contributed by atoms with Gasteiger partial charge in [-0.3, -0.25) is 23.6 Å². The fourth-order valence-electron chi connectivity index (χ4n) is 4.22. The van der Waals surface area contributed by atoms with Crippen molar-refractivity contribution in [1.82, 2.24) is 14.0 Å². The average Bonchev–Trinajstić information content (AvgIpc) is 2.80. The molecule has 1 aromatic heterocycles. The van der Waals surface area contributed by atoms with Gasteiger partial charge in [-0.15, -0.1) is 0 Å². The molecule has 32 heavy (non-hydrogen) atoms. The first-order valence-corrected chi connectivity index (χ1v) is 10.8. The minimum atomic E-state index is -0.640. The van der Waals surface area contributed by atoms with Gasteiger partial charge in [0.1, 0.15) is 22.9 Å². The Morgan fingerprint density at radius 1 is 1.03 bits per heavy atom. The van der Waals surface area contributed by atoms with Gasteiger partial charge in [-0.2, -0.15) is 0 Å². The monoisotopic (exact) mass is 444 g/mol. The summed E-state index contributed by atoms with van der Waals surface area (Å²) in [6.07, 6.45) is 3.94. The highest BCUT2D eigenvalue weighted by Crippen LogP contribution is 2.27. The predicted octanol–water partition coefficient (Wildman–Crippen LogP) is 1.21. The number of carbonyl (C=O) groups excluding carboxylic acids is 1. The molecule has 2 N–H and O–H groups in total. The van der Waals surface area contributed by atoms with Crippen LogP contribution in [-0.2, 0) is 20.5 Å². The van der Waals surface area contributed by atoms with Crippen molar-refractivity contribution in [2.24, 2.45) is 20.0 Å². The van der Waals surface area contributed by atoms with E-state index in [0.29, 0.717) is 5.92 Å². The first kappa shape index (κ1) is 23.6. The lowest BCUT2D eigenvalue weighted by molar-refractivity contribution is 0.0891. The van der Waals surface area contributed by atoms with Crippen molar-refractivity contribution in [3.63, 3.8) is 0 Å². The topological polar surface area (TPSA) is 109 Å². The van der Waals surface area contributed by atoms with E-state index in [9.17, 15) is 14.4 Å². The standard InChI is InChI=1S/C23H32N4O5/c1-25-21(24)20(22(29)26(2)23(25)30)19(28)14-27-9-7-15(8-10-27)5-6-16-11-17(31-3)13-18(12-16)32-4/h11-13,15H,5-10,14,24H2,1-4H3. The SMILES string of the molecule is COc1cc(CCC2CCN(CC(=O)c3c(N)n(C)c(=O)n(C)c3=O)CC2)cc(OC)c1. The van der Waals surface area contributed by atoms with E-state index in [-0.39, 0.29) is 23.7 Å². The first-order valence-electron chi connectivity index (χ1n) is 10.8. The zero-order valence-electron chi connectivity index (χ0n) is 19.2. The minimum absolute atomic E-state index is 0.0771. The largest absolute Gasteiger partial charge is 0.497 e. The Labute approximate surface area is 187 Å². The predicted molar refractivity (Wildman–Crippen MR) is 123 cm³/mol. The van der Waals surface area contributed by atoms with Crippen LogP contribution in [0.3, 0.4) is 0 Å². The summed E-state index contributed by atoms with van der Waals surface area (Å²) in [6.45, 7) is 1.69. The van der Waals surface area contributed by atoms with E-state index in [1.807, 2.05) is 18.2 Å². The van der Waals surface area contributed by atoms with E-state index < -0.39 is 11.2 Å². The summed E-state index contributed by atoms with van der Waals surface area (Å²) in [5, 5.41) is 0. The molecular formula is C23H32N4O5. The van der Waals surface area contributed by atoms with Gasteiger partial charge in [0.05, 0.1) is 20.8 Å². The molecule has 0 spiro atoms. The lowest BCUT2D eigenvalue weighted by Crippen LogP contribution is -2.44. The first-order chi connectivity index (χ1) is 15.2. The highest BCUT2D eigenvalue weighted by Gasteiger charge is 2.25. The number of carbonyl (C=O) groups is 1. The molecule has 1 saturated heterocycles. The van der Waals surface area contributed by atoms with Gasteiger partial charge in [0.25, 0.3) is 5.56 Å². The zero-order chi connectivity index (χ0) is 23.4. The van der Waals surface area contributed by atoms with Gasteiger partial charge in [0, 0.05) is 20.2 Å². The maximum absolute atomic E-state index is 12.8. The number of nitrogens with zero attached hydrogens (tertiary/aromatic N) is 3. The summed E-state index contributed by atoms with van der Waals surface area (Å²) in [7, 11) is 6.10. The van der Waals surface area contributed by atoms with E-state index in [2.05, 4.69) is 4.90 Å². The average molecular weight is 445 g/mol. The van der Waals surface area contributed by atoms with Gasteiger partial charge >= 0.3 is 5.69 Å². The number of ether oxygens (including phenoxy) is 2. The van der Waals surface area contributed by atoms with E-state index in [4.69, 9.17) is 15.2 Å². The molecule has 174 valence electrons. The molecule has 2 aromatic rings. The molecule has 0 atom stereocenters. The van der Waals surface area contributed by atoms with E-state index in [1.165, 1.54) is 19.7 Å². The smallest absolute Gasteiger partial charge is 0.332 e. The molecule has 1 aliphatic heterocycles. The Hall–Kier alpha value is -3.07. The van der Waals surface area contributed by atoms with Crippen LogP contribution in [-0.4, -0.2) is 53.7 Å². The van der Waals surface area contributed by atoms with Crippen LogP contribution in [0.5, 0.6) is 11.5 Å². The molecule has 1 aromatic carbocycles. The number of anilines is 1. The second-order valence-corrected chi connectivity index (χ2v) is 8.37. The Balaban J connectivity index is 1.56. The molecule has 0 amide bonds. The van der Waals surface area contributed by atoms with Crippen molar-refractivity contribution in [2.75, 3.05) is 39.6 Å². The van der Waals surface area contributed by atoms with Crippen molar-refractivity contribution in [3.8, 4) is 11.5 Å². The maximum atomic E-state index is 12.8. The lowest BCUT2D eigenvalue weighted by atomic mass is 9.90. The van der Waals surface area contributed by atoms with Crippen molar-refractivity contribution in [3.05, 3.63) is 50.2 Å². The molecule has 3 rings (SSSR count). The number of nitrogens with two attached hydrogens (primary N) is 1. The lowest BCUT2D eigenvalue weighted by Gasteiger charge is -2.31. The maximum Gasteiger partial charge on any atom is 0.332 e. The van der Waals surface area contributed by atoms with Gasteiger partial charge in [0.15, 0.2) is 5.78 Å². The molecule has 9 nitrogen and oxygen atoms in total. The second kappa shape index (κ2) is 10.0. The number of ketones is 1. The summed E-state index contributed by atoms with van der Waals surface area (Å²) < 4.78 is 12.7. The molecule has 9 heteroatoms. The molecule has 0 radical (unpaired) electrons. The Kier molecular flexibility index (Phi) is 7.40. The molecule has 0 saturated carbocycles. The van der Waals surface area contributed by atoms with Crippen LogP contribution in [0.15, 0.2) is 27.8 Å². The quantitative estimate of drug-likeness (QED) is 0.610. The van der Waals surface area contributed by atoms with Crippen LogP contribution in [0, 0.1) is 5.92 Å². The third-order valence-corrected chi connectivity index (χ3v) is 6.32. The van der Waals surface area contributed by atoms with Gasteiger partial charge in [-0.05, 0) is 62.4 Å². The highest BCUT2D eigenvalue weighted by atomic mass is 16.5. The summed E-state index contributed by atoms with van der Waals surface area (Å²) in [6, 6.07) is 5.94. The van der Waals surface area contributed by atoms with Crippen LogP contribution >= 0.6 is 0 Å². The van der Waals surface area contributed by atoms with Gasteiger partial charge in [-0.1, -0.05) is 0 Å². The Bertz CT molecular complexity index is 1070. The normalized spacial score (nSPS) is 15.0. The molecular weight excluding hydrogens is 412 g/mol. The number of rotatable bonds is 8. The zero-order valence-corrected chi connectivity index (χ0v) is 19.2. The third-order valence-electron chi connectivity index (χ3n) is 6.32. The number of piperidine rings is 1. The van der Waals surface area contributed by atoms with Crippen molar-refractivity contribution in [2.45, 2.75) is 25.7 Å². The number of likely N-dealkylation sites (tertiary alicyclic amines) is 1. The molecule has 1 fully saturated rings. The summed E-state index contributed by atoms with van der Waals surface area (Å²) >= 11 is 0. The summed E-state index contributed by atoms with van der Waals surface area (Å²) in [5.41, 5.74) is 5.80. The number of hydrogen-bond acceptors (Lipinski definition) is 7. The fourth-order valence-corrected chi connectivity index (χ4v) is 4.22. The summed E-state index contributed by atoms with van der Waals surface area (Å²) in [5.74, 6) is 1.72. The van der Waals surface area contributed by atoms with Gasteiger partial charge < -0.3 is 15.2 Å². The van der Waals surface area contributed by atoms with Crippen LogP contribution in [0.2, 0.25) is 0 Å². The highest BCUT2D eigenvalue weighted by molar-refractivity contribution is 6.01. The van der Waals surface area contributed by atoms with Crippen LogP contribution in [0.1, 0.15) is 35.2 Å². The number of hydrogen-bond donors (Lipinski definition) is 1. The summed E-state index contributed by atoms with van der Waals surface area (Å²) in [4.78, 5) is 39.2. The fraction of sp³-hybridized carbons (Fsp3) is 0.522. The van der Waals surface area contributed by atoms with E-state index >= 15 is 0 Å². The molecule has 2 heterocycles. The molecule has 1 aliphatic rings. The van der Waals surface area contributed by atoms with Crippen LogP contribution < -0.4 is 26.5 Å². The molecule has 0 bridgehead atoms. The van der Waals surface area contributed by atoms with Crippen LogP contribution in [0.25, 0.3) is 0 Å². The minimum Gasteiger partial charge on any atom is -0.497 e. The Morgan fingerprint density at radius 2 is 1.62 bits per heavy atom. The number of nitrogen functional groups attached to an aromatic ring is 1. The van der Waals surface area contributed by atoms with Crippen LogP contribution in [0.4, 0.5) is 5.82 Å².